The summed E-state index contributed by atoms with van der Waals surface area (Å²) in [6.45, 7) is 0.996. The highest BCUT2D eigenvalue weighted by atomic mass is 16.5. The maximum Gasteiger partial charge on any atom is 0.222 e. The number of carbonyl (C=O) groups excluding carboxylic acids is 1. The Morgan fingerprint density at radius 3 is 1.84 bits per heavy atom. The van der Waals surface area contributed by atoms with Gasteiger partial charge >= 0.3 is 0 Å². The minimum Gasteiger partial charge on any atom is -0.394 e. The fourth-order valence-electron chi connectivity index (χ4n) is 4.00. The number of hydrogen-bond acceptors (Lipinski definition) is 8. The number of aliphatic hydroxyl groups is 6. The molecule has 0 aliphatic rings. The molecule has 37 heavy (non-hydrogen) atoms. The van der Waals surface area contributed by atoms with Gasteiger partial charge in [0, 0.05) is 20.0 Å². The highest BCUT2D eigenvalue weighted by molar-refractivity contribution is 5.75. The number of unbranched alkanes of at least 4 members (excludes halogenated alkanes) is 11. The third-order valence-corrected chi connectivity index (χ3v) is 6.49. The van der Waals surface area contributed by atoms with Crippen LogP contribution in [0.1, 0.15) is 96.8 Å². The molecule has 0 spiro atoms. The smallest absolute Gasteiger partial charge is 0.222 e. The van der Waals surface area contributed by atoms with Crippen LogP contribution in [0.4, 0.5) is 0 Å². The number of allylic oxidation sites excluding steroid dienone is 2. The molecule has 0 radical (unpaired) electrons. The molecule has 0 saturated carbocycles. The van der Waals surface area contributed by atoms with Crippen LogP contribution in [-0.2, 0) is 9.53 Å². The van der Waals surface area contributed by atoms with Gasteiger partial charge in [0.1, 0.15) is 24.4 Å². The zero-order valence-electron chi connectivity index (χ0n) is 23.2. The summed E-state index contributed by atoms with van der Waals surface area (Å²) in [6, 6.07) is 0. The molecule has 0 aliphatic carbocycles. The van der Waals surface area contributed by atoms with Crippen LogP contribution >= 0.6 is 0 Å². The van der Waals surface area contributed by atoms with Crippen molar-refractivity contribution in [3.63, 3.8) is 0 Å². The minimum absolute atomic E-state index is 0.0479. The first-order valence-corrected chi connectivity index (χ1v) is 14.2. The lowest BCUT2D eigenvalue weighted by molar-refractivity contribution is -0.136. The lowest BCUT2D eigenvalue weighted by atomic mass is 10.0. The number of nitrogens with zero attached hydrogens (tertiary/aromatic N) is 1. The van der Waals surface area contributed by atoms with Crippen LogP contribution in [0.25, 0.3) is 0 Å². The van der Waals surface area contributed by atoms with Crippen molar-refractivity contribution >= 4 is 5.91 Å². The summed E-state index contributed by atoms with van der Waals surface area (Å²) in [7, 11) is 1.62. The van der Waals surface area contributed by atoms with Gasteiger partial charge in [-0.15, -0.1) is 0 Å². The summed E-state index contributed by atoms with van der Waals surface area (Å²) in [5.74, 6) is -0.0479. The number of amides is 1. The van der Waals surface area contributed by atoms with Gasteiger partial charge in [-0.2, -0.15) is 0 Å². The molecule has 6 N–H and O–H groups in total. The Bertz CT molecular complexity index is 562. The topological polar surface area (TPSA) is 151 Å². The molecule has 1 amide bonds. The molecule has 0 heterocycles. The Labute approximate surface area is 224 Å². The zero-order chi connectivity index (χ0) is 27.9. The predicted molar refractivity (Wildman–Crippen MR) is 145 cm³/mol. The number of likely N-dealkylation sites (N-methyl/N-ethyl adjacent to an activating group) is 1. The summed E-state index contributed by atoms with van der Waals surface area (Å²) in [6.07, 6.45) is 13.1. The Hall–Kier alpha value is -1.07. The van der Waals surface area contributed by atoms with Crippen molar-refractivity contribution in [2.75, 3.05) is 33.4 Å². The van der Waals surface area contributed by atoms with E-state index in [0.717, 1.165) is 32.1 Å². The summed E-state index contributed by atoms with van der Waals surface area (Å²) in [5.41, 5.74) is 0. The molecule has 0 fully saturated rings. The molecule has 5 unspecified atom stereocenters. The molecule has 9 heteroatoms. The predicted octanol–water partition coefficient (Wildman–Crippen LogP) is 2.30. The van der Waals surface area contributed by atoms with Crippen molar-refractivity contribution in [1.82, 2.24) is 4.90 Å². The number of ether oxygens (including phenoxy) is 1. The molecule has 0 saturated heterocycles. The molecule has 0 rings (SSSR count). The van der Waals surface area contributed by atoms with E-state index in [9.17, 15) is 30.3 Å². The Kier molecular flexibility index (Phi) is 23.3. The normalized spacial score (nSPS) is 16.0. The molecule has 0 aromatic heterocycles. The van der Waals surface area contributed by atoms with Crippen LogP contribution in [0.15, 0.2) is 12.2 Å². The van der Waals surface area contributed by atoms with Crippen LogP contribution in [0.5, 0.6) is 0 Å². The van der Waals surface area contributed by atoms with Crippen molar-refractivity contribution < 1.29 is 40.2 Å². The van der Waals surface area contributed by atoms with Crippen molar-refractivity contribution in [3.05, 3.63) is 12.2 Å². The molecule has 5 atom stereocenters. The van der Waals surface area contributed by atoms with Gasteiger partial charge in [-0.25, -0.2) is 0 Å². The molecule has 0 aliphatic heterocycles. The van der Waals surface area contributed by atoms with Crippen LogP contribution in [0.2, 0.25) is 0 Å². The van der Waals surface area contributed by atoms with E-state index in [0.29, 0.717) is 6.42 Å². The molecule has 0 aromatic rings. The molecule has 0 bridgehead atoms. The standard InChI is InChI=1S/C28H55NO8/c1-3-4-5-6-7-8-9-10-11-12-13-14-15-16-17-18-26(34)29(2)19-23(31)21-37-22-25(33)28(36)27(35)24(32)20-30/h10-11,23-25,27-28,30-33,35-36H,3-9,12-22H2,1-2H3. The van der Waals surface area contributed by atoms with Gasteiger partial charge in [-0.1, -0.05) is 70.4 Å². The van der Waals surface area contributed by atoms with Gasteiger partial charge in [-0.3, -0.25) is 4.79 Å². The van der Waals surface area contributed by atoms with E-state index in [2.05, 4.69) is 19.1 Å². The fourth-order valence-corrected chi connectivity index (χ4v) is 4.00. The zero-order valence-corrected chi connectivity index (χ0v) is 23.2. The van der Waals surface area contributed by atoms with Gasteiger partial charge in [0.2, 0.25) is 5.91 Å². The average molecular weight is 534 g/mol. The molecule has 220 valence electrons. The first-order chi connectivity index (χ1) is 17.7. The van der Waals surface area contributed by atoms with Crippen LogP contribution in [0.3, 0.4) is 0 Å². The van der Waals surface area contributed by atoms with Crippen molar-refractivity contribution in [3.8, 4) is 0 Å². The molecule has 0 aromatic carbocycles. The lowest BCUT2D eigenvalue weighted by Gasteiger charge is -2.26. The van der Waals surface area contributed by atoms with E-state index in [1.807, 2.05) is 0 Å². The number of carbonyl (C=O) groups is 1. The van der Waals surface area contributed by atoms with E-state index >= 15 is 0 Å². The third-order valence-electron chi connectivity index (χ3n) is 6.49. The number of aliphatic hydroxyl groups excluding tert-OH is 6. The SMILES string of the molecule is CCCCCCCCC=CCCCCCCCC(=O)N(C)CC(O)COCC(O)C(O)C(O)C(O)CO. The second kappa shape index (κ2) is 24.0. The van der Waals surface area contributed by atoms with E-state index < -0.39 is 37.1 Å². The van der Waals surface area contributed by atoms with Gasteiger partial charge in [0.15, 0.2) is 0 Å². The second-order valence-electron chi connectivity index (χ2n) is 10.1. The van der Waals surface area contributed by atoms with Crippen LogP contribution in [-0.4, -0.2) is 105 Å². The average Bonchev–Trinajstić information content (AvgIpc) is 2.89. The third kappa shape index (κ3) is 19.6. The van der Waals surface area contributed by atoms with Gasteiger partial charge in [0.25, 0.3) is 0 Å². The summed E-state index contributed by atoms with van der Waals surface area (Å²) < 4.78 is 5.15. The van der Waals surface area contributed by atoms with Crippen LogP contribution in [0, 0.1) is 0 Å². The Morgan fingerprint density at radius 1 is 0.757 bits per heavy atom. The quantitative estimate of drug-likeness (QED) is 0.0773. The lowest BCUT2D eigenvalue weighted by Crippen LogP contribution is -2.47. The van der Waals surface area contributed by atoms with Crippen molar-refractivity contribution in [2.45, 2.75) is 127 Å². The summed E-state index contributed by atoms with van der Waals surface area (Å²) in [5, 5.41) is 57.3. The van der Waals surface area contributed by atoms with E-state index in [1.54, 1.807) is 7.05 Å². The van der Waals surface area contributed by atoms with E-state index in [4.69, 9.17) is 9.84 Å². The monoisotopic (exact) mass is 533 g/mol. The number of hydrogen-bond donors (Lipinski definition) is 6. The molecular weight excluding hydrogens is 478 g/mol. The maximum atomic E-state index is 12.3. The summed E-state index contributed by atoms with van der Waals surface area (Å²) in [4.78, 5) is 13.7. The van der Waals surface area contributed by atoms with E-state index in [1.165, 1.54) is 56.3 Å². The van der Waals surface area contributed by atoms with Gasteiger partial charge in [0.05, 0.1) is 25.9 Å². The number of rotatable bonds is 25. The van der Waals surface area contributed by atoms with Crippen molar-refractivity contribution in [2.24, 2.45) is 0 Å². The first-order valence-electron chi connectivity index (χ1n) is 14.2. The highest BCUT2D eigenvalue weighted by Crippen LogP contribution is 2.11. The second-order valence-corrected chi connectivity index (χ2v) is 10.1. The van der Waals surface area contributed by atoms with Gasteiger partial charge < -0.3 is 40.3 Å². The fraction of sp³-hybridized carbons (Fsp3) is 0.893. The summed E-state index contributed by atoms with van der Waals surface area (Å²) >= 11 is 0. The Morgan fingerprint density at radius 2 is 1.27 bits per heavy atom. The molecular formula is C28H55NO8. The first kappa shape index (κ1) is 35.9. The minimum atomic E-state index is -1.73. The van der Waals surface area contributed by atoms with E-state index in [-0.39, 0.29) is 25.7 Å². The van der Waals surface area contributed by atoms with Crippen molar-refractivity contribution in [1.29, 1.82) is 0 Å². The highest BCUT2D eigenvalue weighted by Gasteiger charge is 2.30. The maximum absolute atomic E-state index is 12.3. The van der Waals surface area contributed by atoms with Gasteiger partial charge in [-0.05, 0) is 32.1 Å². The molecule has 9 nitrogen and oxygen atoms in total. The Balaban J connectivity index is 3.75. The van der Waals surface area contributed by atoms with Crippen LogP contribution < -0.4 is 0 Å². The largest absolute Gasteiger partial charge is 0.394 e.